The molecule has 1 aliphatic heterocycles. The summed E-state index contributed by atoms with van der Waals surface area (Å²) >= 11 is 3.26. The second-order valence-corrected chi connectivity index (χ2v) is 4.48. The van der Waals surface area contributed by atoms with Crippen LogP contribution in [0.1, 0.15) is 19.4 Å². The molecule has 1 aromatic carbocycles. The van der Waals surface area contributed by atoms with E-state index in [1.165, 1.54) is 6.07 Å². The standard InChI is InChI=1S/C9H10BrN3O2.C2H6/c10-6-1-5-2-7(11)4-12-9(5)8(3-6)13(14)15;1-2/h1,3,7,12H,2,4,11H2;1-2H3. The van der Waals surface area contributed by atoms with E-state index >= 15 is 0 Å². The van der Waals surface area contributed by atoms with Crippen LogP contribution in [0.15, 0.2) is 16.6 Å². The van der Waals surface area contributed by atoms with Crippen LogP contribution in [0.25, 0.3) is 0 Å². The number of nitrogens with zero attached hydrogens (tertiary/aromatic N) is 1. The van der Waals surface area contributed by atoms with Crippen LogP contribution in [0.3, 0.4) is 0 Å². The van der Waals surface area contributed by atoms with Crippen molar-refractivity contribution >= 4 is 27.3 Å². The molecule has 0 aliphatic carbocycles. The van der Waals surface area contributed by atoms with Crippen LogP contribution in [0.5, 0.6) is 0 Å². The van der Waals surface area contributed by atoms with Crippen LogP contribution in [0, 0.1) is 10.1 Å². The van der Waals surface area contributed by atoms with E-state index in [1.54, 1.807) is 0 Å². The fourth-order valence-corrected chi connectivity index (χ4v) is 2.24. The molecule has 3 N–H and O–H groups in total. The van der Waals surface area contributed by atoms with Crippen molar-refractivity contribution in [3.05, 3.63) is 32.3 Å². The molecular weight excluding hydrogens is 286 g/mol. The average Bonchev–Trinajstić information content (AvgIpc) is 2.29. The van der Waals surface area contributed by atoms with E-state index in [1.807, 2.05) is 19.9 Å². The predicted molar refractivity (Wildman–Crippen MR) is 72.3 cm³/mol. The number of nitrogens with one attached hydrogen (secondary N) is 1. The molecule has 1 aromatic rings. The lowest BCUT2D eigenvalue weighted by molar-refractivity contribution is -0.384. The van der Waals surface area contributed by atoms with Crippen LogP contribution >= 0.6 is 15.9 Å². The molecule has 0 radical (unpaired) electrons. The minimum atomic E-state index is -0.382. The van der Waals surface area contributed by atoms with E-state index in [-0.39, 0.29) is 16.7 Å². The number of nitrogens with two attached hydrogens (primary N) is 1. The van der Waals surface area contributed by atoms with Gasteiger partial charge in [0.2, 0.25) is 0 Å². The molecule has 17 heavy (non-hydrogen) atoms. The van der Waals surface area contributed by atoms with Gasteiger partial charge in [0.15, 0.2) is 0 Å². The van der Waals surface area contributed by atoms with Crippen molar-refractivity contribution in [2.75, 3.05) is 11.9 Å². The number of anilines is 1. The molecule has 1 atom stereocenters. The lowest BCUT2D eigenvalue weighted by atomic mass is 9.99. The van der Waals surface area contributed by atoms with Crippen LogP contribution in [-0.2, 0) is 6.42 Å². The largest absolute Gasteiger partial charge is 0.378 e. The van der Waals surface area contributed by atoms with Gasteiger partial charge in [-0.05, 0) is 18.1 Å². The zero-order chi connectivity index (χ0) is 13.0. The van der Waals surface area contributed by atoms with Crippen molar-refractivity contribution in [3.63, 3.8) is 0 Å². The van der Waals surface area contributed by atoms with E-state index < -0.39 is 0 Å². The summed E-state index contributed by atoms with van der Waals surface area (Å²) in [7, 11) is 0. The number of nitro groups is 1. The topological polar surface area (TPSA) is 81.2 Å². The molecule has 1 unspecified atom stereocenters. The summed E-state index contributed by atoms with van der Waals surface area (Å²) in [5.74, 6) is 0. The summed E-state index contributed by atoms with van der Waals surface area (Å²) in [6, 6.07) is 3.39. The first-order valence-corrected chi connectivity index (χ1v) is 6.33. The Morgan fingerprint density at radius 2 is 2.18 bits per heavy atom. The Hall–Kier alpha value is -1.14. The van der Waals surface area contributed by atoms with Crippen LogP contribution in [0.2, 0.25) is 0 Å². The minimum Gasteiger partial charge on any atom is -0.378 e. The molecule has 0 fully saturated rings. The van der Waals surface area contributed by atoms with Crippen molar-refractivity contribution < 1.29 is 4.92 Å². The van der Waals surface area contributed by atoms with Crippen LogP contribution < -0.4 is 11.1 Å². The molecule has 0 bridgehead atoms. The Balaban J connectivity index is 0.000000686. The first-order valence-electron chi connectivity index (χ1n) is 5.54. The minimum absolute atomic E-state index is 0.0198. The second-order valence-electron chi connectivity index (χ2n) is 3.56. The normalized spacial score (nSPS) is 17.3. The third-order valence-corrected chi connectivity index (χ3v) is 2.84. The van der Waals surface area contributed by atoms with Crippen molar-refractivity contribution in [1.29, 1.82) is 0 Å². The van der Waals surface area contributed by atoms with Gasteiger partial charge in [0.05, 0.1) is 4.92 Å². The van der Waals surface area contributed by atoms with Gasteiger partial charge in [-0.1, -0.05) is 29.8 Å². The van der Waals surface area contributed by atoms with Gasteiger partial charge in [-0.25, -0.2) is 0 Å². The highest BCUT2D eigenvalue weighted by Gasteiger charge is 2.24. The number of rotatable bonds is 1. The quantitative estimate of drug-likeness (QED) is 0.617. The van der Waals surface area contributed by atoms with E-state index in [2.05, 4.69) is 21.2 Å². The predicted octanol–water partition coefficient (Wildman–Crippen LogP) is 2.68. The Bertz CT molecular complexity index is 423. The summed E-state index contributed by atoms with van der Waals surface area (Å²) in [4.78, 5) is 10.4. The molecule has 94 valence electrons. The zero-order valence-corrected chi connectivity index (χ0v) is 11.5. The summed E-state index contributed by atoms with van der Waals surface area (Å²) in [6.07, 6.45) is 0.669. The number of halogens is 1. The van der Waals surface area contributed by atoms with E-state index in [4.69, 9.17) is 5.73 Å². The van der Waals surface area contributed by atoms with Crippen molar-refractivity contribution in [2.45, 2.75) is 26.3 Å². The molecular formula is C11H16BrN3O2. The Labute approximate surface area is 109 Å². The number of benzene rings is 1. The van der Waals surface area contributed by atoms with Gasteiger partial charge in [0, 0.05) is 23.1 Å². The van der Waals surface area contributed by atoms with Crippen molar-refractivity contribution in [3.8, 4) is 0 Å². The molecule has 1 heterocycles. The molecule has 1 aliphatic rings. The third kappa shape index (κ3) is 3.17. The fraction of sp³-hybridized carbons (Fsp3) is 0.455. The van der Waals surface area contributed by atoms with Crippen LogP contribution in [0.4, 0.5) is 11.4 Å². The lowest BCUT2D eigenvalue weighted by Gasteiger charge is -2.23. The van der Waals surface area contributed by atoms with Gasteiger partial charge >= 0.3 is 0 Å². The van der Waals surface area contributed by atoms with Crippen molar-refractivity contribution in [2.24, 2.45) is 5.73 Å². The molecule has 2 rings (SSSR count). The van der Waals surface area contributed by atoms with Gasteiger partial charge in [-0.3, -0.25) is 10.1 Å². The van der Waals surface area contributed by atoms with E-state index in [0.29, 0.717) is 23.1 Å². The van der Waals surface area contributed by atoms with E-state index in [0.717, 1.165) is 5.56 Å². The molecule has 5 nitrogen and oxygen atoms in total. The van der Waals surface area contributed by atoms with Gasteiger partial charge in [-0.2, -0.15) is 0 Å². The third-order valence-electron chi connectivity index (χ3n) is 2.38. The summed E-state index contributed by atoms with van der Waals surface area (Å²) in [6.45, 7) is 4.58. The van der Waals surface area contributed by atoms with Gasteiger partial charge in [0.1, 0.15) is 5.69 Å². The summed E-state index contributed by atoms with van der Waals surface area (Å²) < 4.78 is 0.712. The maximum absolute atomic E-state index is 10.8. The van der Waals surface area contributed by atoms with Gasteiger partial charge < -0.3 is 11.1 Å². The molecule has 0 saturated heterocycles. The van der Waals surface area contributed by atoms with Gasteiger partial charge in [0.25, 0.3) is 5.69 Å². The molecule has 0 spiro atoms. The first-order chi connectivity index (χ1) is 8.08. The average molecular weight is 302 g/mol. The highest BCUT2D eigenvalue weighted by Crippen LogP contribution is 2.34. The molecule has 6 heteroatoms. The monoisotopic (exact) mass is 301 g/mol. The maximum atomic E-state index is 10.8. The maximum Gasteiger partial charge on any atom is 0.293 e. The Kier molecular flexibility index (Phi) is 4.89. The highest BCUT2D eigenvalue weighted by molar-refractivity contribution is 9.10. The van der Waals surface area contributed by atoms with Crippen LogP contribution in [-0.4, -0.2) is 17.5 Å². The number of hydrogen-bond acceptors (Lipinski definition) is 4. The van der Waals surface area contributed by atoms with Gasteiger partial charge in [-0.15, -0.1) is 0 Å². The fourth-order valence-electron chi connectivity index (χ4n) is 1.74. The van der Waals surface area contributed by atoms with Crippen molar-refractivity contribution in [1.82, 2.24) is 0 Å². The zero-order valence-electron chi connectivity index (χ0n) is 9.87. The summed E-state index contributed by atoms with van der Waals surface area (Å²) in [5.41, 5.74) is 7.38. The number of nitro benzene ring substituents is 1. The first kappa shape index (κ1) is 13.9. The smallest absolute Gasteiger partial charge is 0.293 e. The summed E-state index contributed by atoms with van der Waals surface area (Å²) in [5, 5.41) is 13.8. The second kappa shape index (κ2) is 5.97. The highest BCUT2D eigenvalue weighted by atomic mass is 79.9. The molecule has 0 amide bonds. The Morgan fingerprint density at radius 1 is 1.53 bits per heavy atom. The number of hydrogen-bond donors (Lipinski definition) is 2. The van der Waals surface area contributed by atoms with E-state index in [9.17, 15) is 10.1 Å². The lowest BCUT2D eigenvalue weighted by Crippen LogP contribution is -2.35. The SMILES string of the molecule is CC.NC1CNc2c(cc(Br)cc2[N+](=O)[O-])C1. The molecule has 0 aromatic heterocycles. The Morgan fingerprint density at radius 3 is 2.76 bits per heavy atom. The number of fused-ring (bicyclic) bond motifs is 1. The molecule has 0 saturated carbocycles.